The van der Waals surface area contributed by atoms with Crippen molar-refractivity contribution in [2.45, 2.75) is 19.4 Å². The summed E-state index contributed by atoms with van der Waals surface area (Å²) in [6, 6.07) is 7.68. The predicted molar refractivity (Wildman–Crippen MR) is 66.0 cm³/mol. The average Bonchev–Trinajstić information content (AvgIpc) is 2.37. The molecule has 0 fully saturated rings. The SMILES string of the molecule is CCOc1ccc(C(CC(=O)OC)NC)cc1. The van der Waals surface area contributed by atoms with Crippen molar-refractivity contribution in [2.24, 2.45) is 0 Å². The molecule has 0 spiro atoms. The largest absolute Gasteiger partial charge is 0.494 e. The maximum absolute atomic E-state index is 11.2. The highest BCUT2D eigenvalue weighted by Crippen LogP contribution is 2.20. The smallest absolute Gasteiger partial charge is 0.307 e. The Morgan fingerprint density at radius 3 is 2.47 bits per heavy atom. The van der Waals surface area contributed by atoms with Gasteiger partial charge >= 0.3 is 5.97 Å². The maximum Gasteiger partial charge on any atom is 0.307 e. The molecule has 0 aliphatic carbocycles. The fourth-order valence-corrected chi connectivity index (χ4v) is 1.60. The molecule has 0 heterocycles. The van der Waals surface area contributed by atoms with Gasteiger partial charge in [0.2, 0.25) is 0 Å². The van der Waals surface area contributed by atoms with E-state index in [0.29, 0.717) is 13.0 Å². The summed E-state index contributed by atoms with van der Waals surface area (Å²) in [5.41, 5.74) is 1.04. The van der Waals surface area contributed by atoms with Crippen molar-refractivity contribution in [3.63, 3.8) is 0 Å². The van der Waals surface area contributed by atoms with Crippen LogP contribution in [0.25, 0.3) is 0 Å². The molecule has 1 aromatic rings. The standard InChI is InChI=1S/C13H19NO3/c1-4-17-11-7-5-10(6-8-11)12(14-2)9-13(15)16-3/h5-8,12,14H,4,9H2,1-3H3. The van der Waals surface area contributed by atoms with Crippen molar-refractivity contribution in [2.75, 3.05) is 20.8 Å². The molecular formula is C13H19NO3. The summed E-state index contributed by atoms with van der Waals surface area (Å²) in [4.78, 5) is 11.2. The maximum atomic E-state index is 11.2. The fraction of sp³-hybridized carbons (Fsp3) is 0.462. The van der Waals surface area contributed by atoms with Gasteiger partial charge in [0.15, 0.2) is 0 Å². The first-order valence-electron chi connectivity index (χ1n) is 5.68. The van der Waals surface area contributed by atoms with Gasteiger partial charge in [0.05, 0.1) is 20.1 Å². The van der Waals surface area contributed by atoms with Crippen LogP contribution in [0.1, 0.15) is 24.9 Å². The highest BCUT2D eigenvalue weighted by molar-refractivity contribution is 5.70. The first-order valence-corrected chi connectivity index (χ1v) is 5.68. The Morgan fingerprint density at radius 1 is 1.35 bits per heavy atom. The van der Waals surface area contributed by atoms with E-state index in [-0.39, 0.29) is 12.0 Å². The quantitative estimate of drug-likeness (QED) is 0.768. The summed E-state index contributed by atoms with van der Waals surface area (Å²) < 4.78 is 10.0. The molecule has 1 N–H and O–H groups in total. The molecule has 0 bridgehead atoms. The van der Waals surface area contributed by atoms with E-state index in [9.17, 15) is 4.79 Å². The summed E-state index contributed by atoms with van der Waals surface area (Å²) in [7, 11) is 3.22. The molecule has 1 aromatic carbocycles. The Labute approximate surface area is 102 Å². The molecule has 1 rings (SSSR count). The first-order chi connectivity index (χ1) is 8.21. The number of nitrogens with one attached hydrogen (secondary N) is 1. The van der Waals surface area contributed by atoms with Gasteiger partial charge in [-0.3, -0.25) is 4.79 Å². The van der Waals surface area contributed by atoms with E-state index >= 15 is 0 Å². The lowest BCUT2D eigenvalue weighted by atomic mass is 10.0. The van der Waals surface area contributed by atoms with Crippen molar-refractivity contribution >= 4 is 5.97 Å². The van der Waals surface area contributed by atoms with Gasteiger partial charge in [-0.2, -0.15) is 0 Å². The summed E-state index contributed by atoms with van der Waals surface area (Å²) in [5, 5.41) is 3.09. The van der Waals surface area contributed by atoms with Crippen molar-refractivity contribution in [1.29, 1.82) is 0 Å². The van der Waals surface area contributed by atoms with Gasteiger partial charge in [0.1, 0.15) is 5.75 Å². The molecular weight excluding hydrogens is 218 g/mol. The minimum Gasteiger partial charge on any atom is -0.494 e. The topological polar surface area (TPSA) is 47.6 Å². The Balaban J connectivity index is 2.71. The molecule has 4 nitrogen and oxygen atoms in total. The molecule has 1 atom stereocenters. The second-order valence-electron chi connectivity index (χ2n) is 3.62. The second kappa shape index (κ2) is 6.91. The zero-order valence-electron chi connectivity index (χ0n) is 10.5. The molecule has 0 saturated heterocycles. The van der Waals surface area contributed by atoms with Crippen LogP contribution in [-0.4, -0.2) is 26.7 Å². The van der Waals surface area contributed by atoms with Gasteiger partial charge in [0, 0.05) is 6.04 Å². The number of methoxy groups -OCH3 is 1. The number of esters is 1. The fourth-order valence-electron chi connectivity index (χ4n) is 1.60. The highest BCUT2D eigenvalue weighted by atomic mass is 16.5. The third-order valence-electron chi connectivity index (χ3n) is 2.54. The normalized spacial score (nSPS) is 11.9. The second-order valence-corrected chi connectivity index (χ2v) is 3.62. The Kier molecular flexibility index (Phi) is 5.49. The minimum absolute atomic E-state index is 0.0295. The first kappa shape index (κ1) is 13.5. The highest BCUT2D eigenvalue weighted by Gasteiger charge is 2.14. The van der Waals surface area contributed by atoms with Crippen LogP contribution >= 0.6 is 0 Å². The number of carbonyl (C=O) groups is 1. The average molecular weight is 237 g/mol. The molecule has 1 unspecified atom stereocenters. The van der Waals surface area contributed by atoms with Crippen molar-refractivity contribution in [3.8, 4) is 5.75 Å². The van der Waals surface area contributed by atoms with Crippen LogP contribution in [-0.2, 0) is 9.53 Å². The number of ether oxygens (including phenoxy) is 2. The van der Waals surface area contributed by atoms with Gasteiger partial charge in [0.25, 0.3) is 0 Å². The molecule has 0 radical (unpaired) electrons. The van der Waals surface area contributed by atoms with Crippen LogP contribution in [0.5, 0.6) is 5.75 Å². The third kappa shape index (κ3) is 4.07. The number of benzene rings is 1. The monoisotopic (exact) mass is 237 g/mol. The summed E-state index contributed by atoms with van der Waals surface area (Å²) >= 11 is 0. The molecule has 0 saturated carbocycles. The molecule has 0 aromatic heterocycles. The molecule has 0 aliphatic heterocycles. The van der Waals surface area contributed by atoms with E-state index in [4.69, 9.17) is 4.74 Å². The van der Waals surface area contributed by atoms with Gasteiger partial charge in [-0.25, -0.2) is 0 Å². The van der Waals surface area contributed by atoms with E-state index < -0.39 is 0 Å². The number of carbonyl (C=O) groups excluding carboxylic acids is 1. The Hall–Kier alpha value is -1.55. The van der Waals surface area contributed by atoms with Gasteiger partial charge < -0.3 is 14.8 Å². The van der Waals surface area contributed by atoms with E-state index in [1.165, 1.54) is 7.11 Å². The van der Waals surface area contributed by atoms with Gasteiger partial charge in [-0.15, -0.1) is 0 Å². The van der Waals surface area contributed by atoms with Crippen LogP contribution in [0.15, 0.2) is 24.3 Å². The van der Waals surface area contributed by atoms with E-state index in [1.54, 1.807) is 0 Å². The number of hydrogen-bond donors (Lipinski definition) is 1. The summed E-state index contributed by atoms with van der Waals surface area (Å²) in [6.45, 7) is 2.60. The zero-order valence-corrected chi connectivity index (χ0v) is 10.5. The lowest BCUT2D eigenvalue weighted by Crippen LogP contribution is -2.20. The summed E-state index contributed by atoms with van der Waals surface area (Å²) in [5.74, 6) is 0.613. The van der Waals surface area contributed by atoms with Gasteiger partial charge in [-0.1, -0.05) is 12.1 Å². The van der Waals surface area contributed by atoms with Crippen molar-refractivity contribution in [1.82, 2.24) is 5.32 Å². The molecule has 4 heteroatoms. The van der Waals surface area contributed by atoms with E-state index in [2.05, 4.69) is 10.1 Å². The lowest BCUT2D eigenvalue weighted by molar-refractivity contribution is -0.141. The number of rotatable bonds is 6. The summed E-state index contributed by atoms with van der Waals surface area (Å²) in [6.07, 6.45) is 0.320. The molecule has 0 amide bonds. The van der Waals surface area contributed by atoms with E-state index in [0.717, 1.165) is 11.3 Å². The predicted octanol–water partition coefficient (Wildman–Crippen LogP) is 1.91. The zero-order chi connectivity index (χ0) is 12.7. The van der Waals surface area contributed by atoms with Crippen LogP contribution < -0.4 is 10.1 Å². The number of hydrogen-bond acceptors (Lipinski definition) is 4. The van der Waals surface area contributed by atoms with Crippen LogP contribution in [0.3, 0.4) is 0 Å². The molecule has 17 heavy (non-hydrogen) atoms. The molecule has 0 aliphatic rings. The minimum atomic E-state index is -0.224. The third-order valence-corrected chi connectivity index (χ3v) is 2.54. The van der Waals surface area contributed by atoms with Crippen LogP contribution in [0, 0.1) is 0 Å². The lowest BCUT2D eigenvalue weighted by Gasteiger charge is -2.15. The Morgan fingerprint density at radius 2 is 2.00 bits per heavy atom. The van der Waals surface area contributed by atoms with E-state index in [1.807, 2.05) is 38.2 Å². The van der Waals surface area contributed by atoms with Crippen LogP contribution in [0.4, 0.5) is 0 Å². The van der Waals surface area contributed by atoms with Gasteiger partial charge in [-0.05, 0) is 31.7 Å². The van der Waals surface area contributed by atoms with Crippen LogP contribution in [0.2, 0.25) is 0 Å². The van der Waals surface area contributed by atoms with Crippen molar-refractivity contribution in [3.05, 3.63) is 29.8 Å². The van der Waals surface area contributed by atoms with Crippen molar-refractivity contribution < 1.29 is 14.3 Å². The Bertz CT molecular complexity index is 348. The molecule has 94 valence electrons.